The number of benzene rings is 1. The molecule has 0 saturated carbocycles. The fourth-order valence-corrected chi connectivity index (χ4v) is 2.23. The molecule has 0 unspecified atom stereocenters. The van der Waals surface area contributed by atoms with Crippen molar-refractivity contribution in [3.05, 3.63) is 18.2 Å². The number of phenolic OH excluding ortho intramolecular Hbond substituents is 1. The van der Waals surface area contributed by atoms with Gasteiger partial charge in [-0.25, -0.2) is 0 Å². The molecule has 8 nitrogen and oxygen atoms in total. The molecule has 1 aromatic carbocycles. The summed E-state index contributed by atoms with van der Waals surface area (Å²) >= 11 is 1.31. The smallest absolute Gasteiger partial charge is 0.253 e. The second-order valence-corrected chi connectivity index (χ2v) is 5.71. The average Bonchev–Trinajstić information content (AvgIpc) is 2.95. The first-order chi connectivity index (χ1) is 10.5. The largest absolute Gasteiger partial charge is 0.506 e. The molecular formula is C13H18N6O2S. The molecule has 0 saturated heterocycles. The van der Waals surface area contributed by atoms with Crippen LogP contribution in [0.15, 0.2) is 28.4 Å². The van der Waals surface area contributed by atoms with Crippen molar-refractivity contribution in [2.45, 2.75) is 0 Å². The summed E-state index contributed by atoms with van der Waals surface area (Å²) in [7, 11) is 5.57. The van der Waals surface area contributed by atoms with Crippen LogP contribution in [0, 0.1) is 0 Å². The van der Waals surface area contributed by atoms with E-state index < -0.39 is 0 Å². The third kappa shape index (κ3) is 3.89. The first-order valence-electron chi connectivity index (χ1n) is 6.59. The van der Waals surface area contributed by atoms with Gasteiger partial charge in [0.15, 0.2) is 0 Å². The minimum atomic E-state index is 0.0170. The van der Waals surface area contributed by atoms with Crippen molar-refractivity contribution in [2.24, 2.45) is 10.2 Å². The van der Waals surface area contributed by atoms with Crippen LogP contribution in [0.4, 0.5) is 21.6 Å². The number of aliphatic hydroxyl groups excluding tert-OH is 1. The Bertz CT molecular complexity index is 658. The van der Waals surface area contributed by atoms with Gasteiger partial charge in [0, 0.05) is 39.4 Å². The maximum Gasteiger partial charge on any atom is 0.253 e. The first kappa shape index (κ1) is 16.1. The van der Waals surface area contributed by atoms with E-state index in [4.69, 9.17) is 5.11 Å². The summed E-state index contributed by atoms with van der Waals surface area (Å²) in [6, 6.07) is 5.04. The van der Waals surface area contributed by atoms with E-state index in [0.29, 0.717) is 17.4 Å². The third-order valence-corrected chi connectivity index (χ3v) is 3.84. The molecule has 0 aliphatic rings. The van der Waals surface area contributed by atoms with Crippen LogP contribution < -0.4 is 9.80 Å². The van der Waals surface area contributed by atoms with E-state index in [1.165, 1.54) is 11.3 Å². The van der Waals surface area contributed by atoms with E-state index in [1.807, 2.05) is 30.9 Å². The Kier molecular flexibility index (Phi) is 5.23. The zero-order valence-corrected chi connectivity index (χ0v) is 13.4. The van der Waals surface area contributed by atoms with Crippen LogP contribution in [0.1, 0.15) is 0 Å². The number of anilines is 2. The minimum Gasteiger partial charge on any atom is -0.506 e. The predicted octanol–water partition coefficient (Wildman–Crippen LogP) is 2.15. The second-order valence-electron chi connectivity index (χ2n) is 4.78. The number of azo groups is 1. The Morgan fingerprint density at radius 1 is 1.18 bits per heavy atom. The number of aliphatic hydroxyl groups is 1. The molecule has 0 radical (unpaired) electrons. The van der Waals surface area contributed by atoms with E-state index >= 15 is 0 Å². The van der Waals surface area contributed by atoms with Gasteiger partial charge in [0.2, 0.25) is 5.13 Å². The molecule has 0 spiro atoms. The maximum absolute atomic E-state index is 10.00. The highest BCUT2D eigenvalue weighted by atomic mass is 32.1. The van der Waals surface area contributed by atoms with Gasteiger partial charge >= 0.3 is 0 Å². The van der Waals surface area contributed by atoms with Gasteiger partial charge in [-0.2, -0.15) is 0 Å². The highest BCUT2D eigenvalue weighted by molar-refractivity contribution is 7.18. The van der Waals surface area contributed by atoms with Crippen molar-refractivity contribution < 1.29 is 10.2 Å². The lowest BCUT2D eigenvalue weighted by Crippen LogP contribution is -2.20. The van der Waals surface area contributed by atoms with Crippen LogP contribution in [-0.2, 0) is 0 Å². The quantitative estimate of drug-likeness (QED) is 0.791. The van der Waals surface area contributed by atoms with E-state index in [2.05, 4.69) is 20.4 Å². The van der Waals surface area contributed by atoms with Crippen molar-refractivity contribution in [1.29, 1.82) is 0 Å². The lowest BCUT2D eigenvalue weighted by atomic mass is 10.2. The Balaban J connectivity index is 2.13. The highest BCUT2D eigenvalue weighted by Crippen LogP contribution is 2.33. The molecule has 2 aromatic rings. The maximum atomic E-state index is 10.00. The molecule has 0 atom stereocenters. The summed E-state index contributed by atoms with van der Waals surface area (Å²) in [6.45, 7) is 0.530. The molecule has 2 N–H and O–H groups in total. The van der Waals surface area contributed by atoms with Crippen molar-refractivity contribution in [1.82, 2.24) is 10.2 Å². The number of aromatic nitrogens is 2. The van der Waals surface area contributed by atoms with Gasteiger partial charge in [0.25, 0.3) is 5.13 Å². The van der Waals surface area contributed by atoms with E-state index in [-0.39, 0.29) is 12.4 Å². The number of likely N-dealkylation sites (N-methyl/N-ethyl adjacent to an activating group) is 1. The number of rotatable bonds is 6. The van der Waals surface area contributed by atoms with Crippen LogP contribution in [0.2, 0.25) is 0 Å². The lowest BCUT2D eigenvalue weighted by molar-refractivity contribution is 0.304. The topological polar surface area (TPSA) is 97.4 Å². The monoisotopic (exact) mass is 322 g/mol. The van der Waals surface area contributed by atoms with Gasteiger partial charge in [0.05, 0.1) is 6.61 Å². The van der Waals surface area contributed by atoms with Gasteiger partial charge in [-0.15, -0.1) is 20.4 Å². The van der Waals surface area contributed by atoms with Crippen molar-refractivity contribution >= 4 is 33.0 Å². The van der Waals surface area contributed by atoms with Crippen molar-refractivity contribution in [2.75, 3.05) is 44.1 Å². The molecule has 0 fully saturated rings. The molecule has 0 aliphatic carbocycles. The van der Waals surface area contributed by atoms with E-state index in [9.17, 15) is 5.11 Å². The predicted molar refractivity (Wildman–Crippen MR) is 86.9 cm³/mol. The van der Waals surface area contributed by atoms with Gasteiger partial charge in [-0.1, -0.05) is 11.3 Å². The molecule has 0 bridgehead atoms. The van der Waals surface area contributed by atoms with Crippen LogP contribution in [-0.4, -0.2) is 54.7 Å². The summed E-state index contributed by atoms with van der Waals surface area (Å²) in [6.07, 6.45) is 0. The zero-order valence-electron chi connectivity index (χ0n) is 12.6. The number of phenols is 1. The number of hydrogen-bond acceptors (Lipinski definition) is 9. The fourth-order valence-electron chi connectivity index (χ4n) is 1.64. The molecule has 1 aromatic heterocycles. The Morgan fingerprint density at radius 2 is 1.95 bits per heavy atom. The Morgan fingerprint density at radius 3 is 2.55 bits per heavy atom. The summed E-state index contributed by atoms with van der Waals surface area (Å²) in [5, 5.41) is 35.9. The lowest BCUT2D eigenvalue weighted by Gasteiger charge is -2.18. The molecule has 0 amide bonds. The van der Waals surface area contributed by atoms with E-state index in [1.54, 1.807) is 18.2 Å². The van der Waals surface area contributed by atoms with E-state index in [0.717, 1.165) is 10.8 Å². The van der Waals surface area contributed by atoms with Gasteiger partial charge < -0.3 is 20.0 Å². The summed E-state index contributed by atoms with van der Waals surface area (Å²) in [5.41, 5.74) is 1.14. The van der Waals surface area contributed by atoms with Crippen molar-refractivity contribution in [3.8, 4) is 5.75 Å². The number of nitrogens with zero attached hydrogens (tertiary/aromatic N) is 6. The Labute approximate surface area is 132 Å². The number of hydrogen-bond donors (Lipinski definition) is 2. The molecule has 118 valence electrons. The normalized spacial score (nSPS) is 11.1. The van der Waals surface area contributed by atoms with Gasteiger partial charge in [0.1, 0.15) is 11.4 Å². The van der Waals surface area contributed by atoms with Crippen molar-refractivity contribution in [3.63, 3.8) is 0 Å². The second kappa shape index (κ2) is 7.14. The fraction of sp³-hybridized carbons (Fsp3) is 0.385. The van der Waals surface area contributed by atoms with Gasteiger partial charge in [-0.3, -0.25) is 0 Å². The molecule has 0 aliphatic heterocycles. The standard InChI is InChI=1S/C13H18N6O2S/c1-18(2)13-17-16-12(22-13)15-14-10-5-4-9(8-11(10)21)19(3)6-7-20/h4-5,8,20-21H,6-7H2,1-3H3. The summed E-state index contributed by atoms with van der Waals surface area (Å²) in [4.78, 5) is 3.66. The molecule has 1 heterocycles. The van der Waals surface area contributed by atoms with Crippen LogP contribution >= 0.6 is 11.3 Å². The van der Waals surface area contributed by atoms with Crippen LogP contribution in [0.3, 0.4) is 0 Å². The minimum absolute atomic E-state index is 0.0170. The summed E-state index contributed by atoms with van der Waals surface area (Å²) < 4.78 is 0. The third-order valence-electron chi connectivity index (χ3n) is 2.86. The number of aromatic hydroxyl groups is 1. The Hall–Kier alpha value is -2.26. The summed E-state index contributed by atoms with van der Waals surface area (Å²) in [5.74, 6) is 0.0170. The average molecular weight is 322 g/mol. The zero-order chi connectivity index (χ0) is 16.1. The van der Waals surface area contributed by atoms with Crippen LogP contribution in [0.5, 0.6) is 5.75 Å². The molecular weight excluding hydrogens is 304 g/mol. The molecule has 2 rings (SSSR count). The van der Waals surface area contributed by atoms with Crippen LogP contribution in [0.25, 0.3) is 0 Å². The van der Waals surface area contributed by atoms with Gasteiger partial charge in [-0.05, 0) is 12.1 Å². The molecule has 9 heteroatoms. The highest BCUT2D eigenvalue weighted by Gasteiger charge is 2.07. The molecule has 22 heavy (non-hydrogen) atoms. The SMILES string of the molecule is CN(C)c1nnc(N=Nc2ccc(N(C)CCO)cc2O)s1. The first-order valence-corrected chi connectivity index (χ1v) is 7.40.